The van der Waals surface area contributed by atoms with E-state index in [2.05, 4.69) is 5.16 Å². The van der Waals surface area contributed by atoms with Crippen LogP contribution in [-0.4, -0.2) is 17.6 Å². The van der Waals surface area contributed by atoms with Crippen molar-refractivity contribution in [3.8, 4) is 5.75 Å². The average molecular weight is 275 g/mol. The van der Waals surface area contributed by atoms with E-state index < -0.39 is 11.2 Å². The summed E-state index contributed by atoms with van der Waals surface area (Å²) in [5.41, 5.74) is 5.00. The number of rotatable bonds is 5. The molecule has 0 amide bonds. The Bertz CT molecular complexity index is 429. The number of hydrogen-bond donors (Lipinski definition) is 2. The van der Waals surface area contributed by atoms with Gasteiger partial charge in [0.05, 0.1) is 11.6 Å². The highest BCUT2D eigenvalue weighted by molar-refractivity contribution is 6.32. The Kier molecular flexibility index (Phi) is 4.78. The zero-order chi connectivity index (χ0) is 13.8. The third-order valence-corrected chi connectivity index (χ3v) is 2.99. The van der Waals surface area contributed by atoms with Crippen molar-refractivity contribution in [3.63, 3.8) is 0 Å². The molecule has 0 radical (unpaired) electrons. The number of benzene rings is 1. The van der Waals surface area contributed by atoms with Gasteiger partial charge in [0.2, 0.25) is 0 Å². The monoisotopic (exact) mass is 274 g/mol. The molecule has 1 rings (SSSR count). The average Bonchev–Trinajstić information content (AvgIpc) is 2.31. The highest BCUT2D eigenvalue weighted by Gasteiger charge is 2.23. The summed E-state index contributed by atoms with van der Waals surface area (Å²) in [6, 6.07) is 4.33. The summed E-state index contributed by atoms with van der Waals surface area (Å²) in [5, 5.41) is 11.8. The molecule has 0 aromatic heterocycles. The number of halogens is 2. The van der Waals surface area contributed by atoms with E-state index in [1.807, 2.05) is 0 Å². The first kappa shape index (κ1) is 14.6. The predicted molar refractivity (Wildman–Crippen MR) is 68.7 cm³/mol. The number of nitrogens with two attached hydrogens (primary N) is 1. The lowest BCUT2D eigenvalue weighted by Gasteiger charge is -2.22. The standard InChI is InChI=1S/C12H16ClFN2O2/c1-12(2,11(15)16-17)6-7-18-10-8(13)4-3-5-9(10)14/h3-5,17H,6-7H2,1-2H3,(H2,15,16). The Morgan fingerprint density at radius 3 is 2.78 bits per heavy atom. The van der Waals surface area contributed by atoms with Gasteiger partial charge in [-0.2, -0.15) is 0 Å². The van der Waals surface area contributed by atoms with E-state index >= 15 is 0 Å². The molecule has 0 atom stereocenters. The molecule has 0 aliphatic carbocycles. The van der Waals surface area contributed by atoms with Gasteiger partial charge in [0, 0.05) is 5.41 Å². The van der Waals surface area contributed by atoms with Crippen LogP contribution in [0, 0.1) is 11.2 Å². The minimum atomic E-state index is -0.535. The number of para-hydroxylation sites is 1. The summed E-state index contributed by atoms with van der Waals surface area (Å²) in [6.07, 6.45) is 0.466. The van der Waals surface area contributed by atoms with Crippen molar-refractivity contribution < 1.29 is 14.3 Å². The van der Waals surface area contributed by atoms with E-state index in [1.165, 1.54) is 12.1 Å². The van der Waals surface area contributed by atoms with Crippen LogP contribution < -0.4 is 10.5 Å². The summed E-state index contributed by atoms with van der Waals surface area (Å²) in [5.74, 6) is -0.385. The quantitative estimate of drug-likeness (QED) is 0.375. The van der Waals surface area contributed by atoms with Gasteiger partial charge in [0.15, 0.2) is 11.6 Å². The topological polar surface area (TPSA) is 67.8 Å². The highest BCUT2D eigenvalue weighted by atomic mass is 35.5. The van der Waals surface area contributed by atoms with Gasteiger partial charge in [-0.05, 0) is 18.6 Å². The molecule has 0 fully saturated rings. The van der Waals surface area contributed by atoms with Crippen molar-refractivity contribution in [2.45, 2.75) is 20.3 Å². The maximum Gasteiger partial charge on any atom is 0.173 e. The lowest BCUT2D eigenvalue weighted by molar-refractivity contribution is 0.251. The molecule has 0 aliphatic heterocycles. The van der Waals surface area contributed by atoms with Crippen molar-refractivity contribution in [1.82, 2.24) is 0 Å². The maximum absolute atomic E-state index is 13.4. The van der Waals surface area contributed by atoms with E-state index in [0.717, 1.165) is 0 Å². The van der Waals surface area contributed by atoms with Crippen LogP contribution in [0.1, 0.15) is 20.3 Å². The van der Waals surface area contributed by atoms with Crippen LogP contribution in [0.15, 0.2) is 23.4 Å². The number of oxime groups is 1. The molecule has 4 nitrogen and oxygen atoms in total. The second-order valence-corrected chi connectivity index (χ2v) is 4.93. The summed E-state index contributed by atoms with van der Waals surface area (Å²) in [7, 11) is 0. The predicted octanol–water partition coefficient (Wildman–Crippen LogP) is 3.02. The number of hydrogen-bond acceptors (Lipinski definition) is 3. The molecule has 0 saturated heterocycles. The van der Waals surface area contributed by atoms with E-state index in [-0.39, 0.29) is 23.2 Å². The summed E-state index contributed by atoms with van der Waals surface area (Å²) < 4.78 is 18.7. The Labute approximate surface area is 110 Å². The van der Waals surface area contributed by atoms with Gasteiger partial charge in [0.1, 0.15) is 5.84 Å². The molecule has 1 aromatic carbocycles. The molecule has 0 heterocycles. The smallest absolute Gasteiger partial charge is 0.173 e. The first-order valence-corrected chi connectivity index (χ1v) is 5.81. The Hall–Kier alpha value is -1.49. The molecule has 0 unspecified atom stereocenters. The lowest BCUT2D eigenvalue weighted by atomic mass is 9.88. The SMILES string of the molecule is CC(C)(CCOc1c(F)cccc1Cl)/C(N)=N/O. The van der Waals surface area contributed by atoms with Gasteiger partial charge in [-0.25, -0.2) is 4.39 Å². The second kappa shape index (κ2) is 5.91. The first-order valence-electron chi connectivity index (χ1n) is 5.43. The number of amidine groups is 1. The summed E-state index contributed by atoms with van der Waals surface area (Å²) in [4.78, 5) is 0. The molecule has 0 saturated carbocycles. The number of ether oxygens (including phenoxy) is 1. The highest BCUT2D eigenvalue weighted by Crippen LogP contribution is 2.28. The fraction of sp³-hybridized carbons (Fsp3) is 0.417. The van der Waals surface area contributed by atoms with Crippen molar-refractivity contribution in [2.24, 2.45) is 16.3 Å². The zero-order valence-corrected chi connectivity index (χ0v) is 11.0. The van der Waals surface area contributed by atoms with Crippen LogP contribution in [0.3, 0.4) is 0 Å². The van der Waals surface area contributed by atoms with Crippen LogP contribution in [0.5, 0.6) is 5.75 Å². The Morgan fingerprint density at radius 1 is 1.56 bits per heavy atom. The van der Waals surface area contributed by atoms with E-state index in [4.69, 9.17) is 27.3 Å². The maximum atomic E-state index is 13.4. The molecule has 18 heavy (non-hydrogen) atoms. The molecule has 0 bridgehead atoms. The third-order valence-electron chi connectivity index (χ3n) is 2.69. The van der Waals surface area contributed by atoms with Crippen LogP contribution in [0.4, 0.5) is 4.39 Å². The summed E-state index contributed by atoms with van der Waals surface area (Å²) >= 11 is 5.82. The zero-order valence-electron chi connectivity index (χ0n) is 10.3. The van der Waals surface area contributed by atoms with E-state index in [1.54, 1.807) is 19.9 Å². The van der Waals surface area contributed by atoms with Crippen LogP contribution in [0.25, 0.3) is 0 Å². The van der Waals surface area contributed by atoms with Crippen molar-refractivity contribution >= 4 is 17.4 Å². The van der Waals surface area contributed by atoms with Gasteiger partial charge in [-0.3, -0.25) is 0 Å². The van der Waals surface area contributed by atoms with Gasteiger partial charge < -0.3 is 15.7 Å². The van der Waals surface area contributed by atoms with Gasteiger partial charge in [-0.1, -0.05) is 36.7 Å². The lowest BCUT2D eigenvalue weighted by Crippen LogP contribution is -2.33. The van der Waals surface area contributed by atoms with Crippen molar-refractivity contribution in [2.75, 3.05) is 6.61 Å². The third kappa shape index (κ3) is 3.50. The minimum absolute atomic E-state index is 0.0227. The molecule has 1 aromatic rings. The van der Waals surface area contributed by atoms with E-state index in [0.29, 0.717) is 6.42 Å². The molecular weight excluding hydrogens is 259 g/mol. The molecular formula is C12H16ClFN2O2. The normalized spacial score (nSPS) is 12.6. The van der Waals surface area contributed by atoms with Gasteiger partial charge in [-0.15, -0.1) is 0 Å². The van der Waals surface area contributed by atoms with E-state index in [9.17, 15) is 4.39 Å². The molecule has 6 heteroatoms. The van der Waals surface area contributed by atoms with Crippen LogP contribution >= 0.6 is 11.6 Å². The molecule has 3 N–H and O–H groups in total. The molecule has 0 aliphatic rings. The van der Waals surface area contributed by atoms with Crippen LogP contribution in [-0.2, 0) is 0 Å². The fourth-order valence-corrected chi connectivity index (χ4v) is 1.51. The molecule has 100 valence electrons. The van der Waals surface area contributed by atoms with Gasteiger partial charge >= 0.3 is 0 Å². The Morgan fingerprint density at radius 2 is 2.22 bits per heavy atom. The first-order chi connectivity index (χ1) is 8.38. The number of nitrogens with zero attached hydrogens (tertiary/aromatic N) is 1. The van der Waals surface area contributed by atoms with Gasteiger partial charge in [0.25, 0.3) is 0 Å². The van der Waals surface area contributed by atoms with Crippen molar-refractivity contribution in [3.05, 3.63) is 29.0 Å². The van der Waals surface area contributed by atoms with Crippen LogP contribution in [0.2, 0.25) is 5.02 Å². The van der Waals surface area contributed by atoms with Crippen molar-refractivity contribution in [1.29, 1.82) is 0 Å². The Balaban J connectivity index is 2.62. The fourth-order valence-electron chi connectivity index (χ4n) is 1.29. The molecule has 0 spiro atoms. The largest absolute Gasteiger partial charge is 0.489 e. The summed E-state index contributed by atoms with van der Waals surface area (Å²) in [6.45, 7) is 3.81. The second-order valence-electron chi connectivity index (χ2n) is 4.52. The minimum Gasteiger partial charge on any atom is -0.489 e.